The number of rotatable bonds is 4. The number of ether oxygens (including phenoxy) is 1. The van der Waals surface area contributed by atoms with Gasteiger partial charge in [0.1, 0.15) is 0 Å². The third kappa shape index (κ3) is 2.96. The second kappa shape index (κ2) is 6.07. The van der Waals surface area contributed by atoms with Crippen LogP contribution in [-0.4, -0.2) is 47.4 Å². The molecule has 0 radical (unpaired) electrons. The number of anilines is 1. The minimum absolute atomic E-state index is 0.137. The summed E-state index contributed by atoms with van der Waals surface area (Å²) < 4.78 is 4.57. The summed E-state index contributed by atoms with van der Waals surface area (Å²) in [5, 5.41) is 17.3. The summed E-state index contributed by atoms with van der Waals surface area (Å²) >= 11 is 0. The molecular formula is C14H19N3O4. The zero-order chi connectivity index (χ0) is 15.5. The van der Waals surface area contributed by atoms with Crippen LogP contribution in [-0.2, 0) is 9.53 Å². The van der Waals surface area contributed by atoms with E-state index in [0.29, 0.717) is 25.2 Å². The van der Waals surface area contributed by atoms with Crippen molar-refractivity contribution in [2.75, 3.05) is 25.1 Å². The Kier molecular flexibility index (Phi) is 4.40. The number of carboxylic acid groups (broad SMARTS) is 1. The van der Waals surface area contributed by atoms with Gasteiger partial charge in [-0.1, -0.05) is 6.92 Å². The Labute approximate surface area is 122 Å². The number of carbonyl (C=O) groups is 2. The zero-order valence-electron chi connectivity index (χ0n) is 12.2. The highest BCUT2D eigenvalue weighted by molar-refractivity contribution is 5.87. The van der Waals surface area contributed by atoms with Crippen LogP contribution in [0.4, 0.5) is 5.82 Å². The molecule has 1 aromatic rings. The highest BCUT2D eigenvalue weighted by Gasteiger charge is 2.41. The first-order chi connectivity index (χ1) is 10.0. The van der Waals surface area contributed by atoms with Crippen molar-refractivity contribution in [3.05, 3.63) is 17.8 Å². The van der Waals surface area contributed by atoms with E-state index in [1.54, 1.807) is 6.07 Å². The maximum atomic E-state index is 11.5. The summed E-state index contributed by atoms with van der Waals surface area (Å²) in [6.45, 7) is 3.04. The van der Waals surface area contributed by atoms with Crippen molar-refractivity contribution in [1.82, 2.24) is 10.2 Å². The van der Waals surface area contributed by atoms with Gasteiger partial charge >= 0.3 is 11.9 Å². The van der Waals surface area contributed by atoms with Gasteiger partial charge in [0, 0.05) is 13.1 Å². The van der Waals surface area contributed by atoms with E-state index < -0.39 is 17.4 Å². The van der Waals surface area contributed by atoms with Crippen molar-refractivity contribution in [1.29, 1.82) is 0 Å². The van der Waals surface area contributed by atoms with E-state index in [2.05, 4.69) is 14.9 Å². The van der Waals surface area contributed by atoms with Gasteiger partial charge in [0.2, 0.25) is 0 Å². The third-order valence-corrected chi connectivity index (χ3v) is 4.08. The Morgan fingerprint density at radius 1 is 1.43 bits per heavy atom. The van der Waals surface area contributed by atoms with Crippen molar-refractivity contribution < 1.29 is 19.4 Å². The number of esters is 1. The lowest BCUT2D eigenvalue weighted by Gasteiger charge is -2.39. The Bertz CT molecular complexity index is 532. The van der Waals surface area contributed by atoms with E-state index in [-0.39, 0.29) is 5.69 Å². The van der Waals surface area contributed by atoms with Crippen LogP contribution < -0.4 is 4.90 Å². The molecule has 0 aliphatic carbocycles. The topological polar surface area (TPSA) is 92.6 Å². The molecule has 1 saturated heterocycles. The molecule has 0 spiro atoms. The molecule has 1 aromatic heterocycles. The third-order valence-electron chi connectivity index (χ3n) is 4.08. The number of methoxy groups -OCH3 is 1. The van der Waals surface area contributed by atoms with Crippen LogP contribution >= 0.6 is 0 Å². The maximum absolute atomic E-state index is 11.5. The summed E-state index contributed by atoms with van der Waals surface area (Å²) in [6.07, 6.45) is 2.04. The van der Waals surface area contributed by atoms with Crippen LogP contribution in [0.15, 0.2) is 12.1 Å². The summed E-state index contributed by atoms with van der Waals surface area (Å²) in [5.74, 6) is -0.726. The number of aromatic nitrogens is 2. The van der Waals surface area contributed by atoms with Gasteiger partial charge in [0.25, 0.3) is 0 Å². The van der Waals surface area contributed by atoms with Crippen LogP contribution in [0, 0.1) is 5.41 Å². The van der Waals surface area contributed by atoms with Gasteiger partial charge in [0.05, 0.1) is 12.5 Å². The van der Waals surface area contributed by atoms with Gasteiger partial charge in [-0.15, -0.1) is 10.2 Å². The largest absolute Gasteiger partial charge is 0.481 e. The maximum Gasteiger partial charge on any atom is 0.358 e. The van der Waals surface area contributed by atoms with Crippen molar-refractivity contribution >= 4 is 17.8 Å². The van der Waals surface area contributed by atoms with Crippen molar-refractivity contribution in [3.8, 4) is 0 Å². The van der Waals surface area contributed by atoms with Crippen molar-refractivity contribution in [2.24, 2.45) is 5.41 Å². The number of hydrogen-bond donors (Lipinski definition) is 1. The Balaban J connectivity index is 2.18. The van der Waals surface area contributed by atoms with Gasteiger partial charge < -0.3 is 14.7 Å². The molecule has 2 heterocycles. The molecule has 2 rings (SSSR count). The lowest BCUT2D eigenvalue weighted by atomic mass is 9.77. The highest BCUT2D eigenvalue weighted by atomic mass is 16.5. The summed E-state index contributed by atoms with van der Waals surface area (Å²) in [4.78, 5) is 24.8. The number of aliphatic carboxylic acids is 1. The predicted molar refractivity (Wildman–Crippen MR) is 75.2 cm³/mol. The summed E-state index contributed by atoms with van der Waals surface area (Å²) in [6, 6.07) is 3.21. The minimum Gasteiger partial charge on any atom is -0.481 e. The van der Waals surface area contributed by atoms with E-state index in [1.807, 2.05) is 11.8 Å². The minimum atomic E-state index is -0.770. The van der Waals surface area contributed by atoms with Gasteiger partial charge in [-0.05, 0) is 31.4 Å². The predicted octanol–water partition coefficient (Wildman–Crippen LogP) is 1.34. The molecule has 7 heteroatoms. The molecule has 0 saturated carbocycles. The average Bonchev–Trinajstić information content (AvgIpc) is 2.54. The molecule has 1 fully saturated rings. The molecule has 1 unspecified atom stereocenters. The van der Waals surface area contributed by atoms with Crippen molar-refractivity contribution in [3.63, 3.8) is 0 Å². The zero-order valence-corrected chi connectivity index (χ0v) is 12.2. The number of hydrogen-bond acceptors (Lipinski definition) is 6. The fraction of sp³-hybridized carbons (Fsp3) is 0.571. The molecule has 21 heavy (non-hydrogen) atoms. The normalized spacial score (nSPS) is 21.9. The molecule has 7 nitrogen and oxygen atoms in total. The van der Waals surface area contributed by atoms with Crippen LogP contribution in [0.5, 0.6) is 0 Å². The summed E-state index contributed by atoms with van der Waals surface area (Å²) in [5.41, 5.74) is -0.598. The number of nitrogens with zero attached hydrogens (tertiary/aromatic N) is 3. The fourth-order valence-electron chi connectivity index (χ4n) is 2.65. The van der Waals surface area contributed by atoms with Gasteiger partial charge in [0.15, 0.2) is 11.5 Å². The Morgan fingerprint density at radius 3 is 2.71 bits per heavy atom. The van der Waals surface area contributed by atoms with Crippen LogP contribution in [0.2, 0.25) is 0 Å². The van der Waals surface area contributed by atoms with E-state index in [4.69, 9.17) is 0 Å². The molecule has 0 aromatic carbocycles. The Hall–Kier alpha value is -2.18. The molecular weight excluding hydrogens is 274 g/mol. The van der Waals surface area contributed by atoms with Crippen molar-refractivity contribution in [2.45, 2.75) is 26.2 Å². The fourth-order valence-corrected chi connectivity index (χ4v) is 2.65. The van der Waals surface area contributed by atoms with Gasteiger partial charge in [-0.3, -0.25) is 4.79 Å². The monoisotopic (exact) mass is 293 g/mol. The first kappa shape index (κ1) is 15.2. The van der Waals surface area contributed by atoms with E-state index in [1.165, 1.54) is 13.2 Å². The van der Waals surface area contributed by atoms with Crippen LogP contribution in [0.3, 0.4) is 0 Å². The van der Waals surface area contributed by atoms with Crippen LogP contribution in [0.25, 0.3) is 0 Å². The van der Waals surface area contributed by atoms with E-state index in [0.717, 1.165) is 13.0 Å². The number of carboxylic acids is 1. The number of carbonyl (C=O) groups excluding carboxylic acids is 1. The Morgan fingerprint density at radius 2 is 2.19 bits per heavy atom. The highest BCUT2D eigenvalue weighted by Crippen LogP contribution is 2.35. The molecule has 1 aliphatic heterocycles. The van der Waals surface area contributed by atoms with Crippen LogP contribution in [0.1, 0.15) is 36.7 Å². The smallest absolute Gasteiger partial charge is 0.358 e. The summed E-state index contributed by atoms with van der Waals surface area (Å²) in [7, 11) is 1.28. The SMILES string of the molecule is CCC1(C(=O)O)CCCN(c2ccc(C(=O)OC)nn2)C1. The quantitative estimate of drug-likeness (QED) is 0.837. The second-order valence-electron chi connectivity index (χ2n) is 5.23. The average molecular weight is 293 g/mol. The van der Waals surface area contributed by atoms with E-state index in [9.17, 15) is 14.7 Å². The molecule has 1 atom stereocenters. The standard InChI is InChI=1S/C14H19N3O4/c1-3-14(13(19)20)7-4-8-17(9-14)11-6-5-10(15-16-11)12(18)21-2/h5-6H,3-4,7-9H2,1-2H3,(H,19,20). The molecule has 1 N–H and O–H groups in total. The first-order valence-corrected chi connectivity index (χ1v) is 6.93. The van der Waals surface area contributed by atoms with E-state index >= 15 is 0 Å². The first-order valence-electron chi connectivity index (χ1n) is 6.93. The molecule has 114 valence electrons. The second-order valence-corrected chi connectivity index (χ2v) is 5.23. The lowest BCUT2D eigenvalue weighted by Crippen LogP contribution is -2.48. The van der Waals surface area contributed by atoms with Gasteiger partial charge in [-0.2, -0.15) is 0 Å². The number of piperidine rings is 1. The molecule has 1 aliphatic rings. The molecule has 0 bridgehead atoms. The molecule has 0 amide bonds. The lowest BCUT2D eigenvalue weighted by molar-refractivity contribution is -0.149. The van der Waals surface area contributed by atoms with Gasteiger partial charge in [-0.25, -0.2) is 4.79 Å².